The number of hydrogen-bond donors (Lipinski definition) is 2. The molecule has 0 aliphatic rings. The lowest BCUT2D eigenvalue weighted by Gasteiger charge is -2.06. The average molecular weight is 367 g/mol. The van der Waals surface area contributed by atoms with Crippen molar-refractivity contribution < 1.29 is 19.8 Å². The predicted octanol–water partition coefficient (Wildman–Crippen LogP) is 4.14. The molecule has 0 aromatic heterocycles. The SMILES string of the molecule is O=C(O)c1ccc(CSc2cccc(Br)c2)cc1C(=O)O. The Bertz CT molecular complexity index is 700. The van der Waals surface area contributed by atoms with E-state index >= 15 is 0 Å². The molecule has 2 aromatic rings. The number of rotatable bonds is 5. The van der Waals surface area contributed by atoms with Gasteiger partial charge in [-0.15, -0.1) is 11.8 Å². The van der Waals surface area contributed by atoms with Gasteiger partial charge >= 0.3 is 11.9 Å². The molecule has 0 fully saturated rings. The van der Waals surface area contributed by atoms with Crippen molar-refractivity contribution in [2.45, 2.75) is 10.6 Å². The minimum atomic E-state index is -1.24. The van der Waals surface area contributed by atoms with Gasteiger partial charge in [0.1, 0.15) is 0 Å². The third-order valence-electron chi connectivity index (χ3n) is 2.75. The fourth-order valence-electron chi connectivity index (χ4n) is 1.77. The number of hydrogen-bond acceptors (Lipinski definition) is 3. The second-order valence-electron chi connectivity index (χ2n) is 4.24. The van der Waals surface area contributed by atoms with Gasteiger partial charge in [0.2, 0.25) is 0 Å². The van der Waals surface area contributed by atoms with Crippen molar-refractivity contribution in [2.75, 3.05) is 0 Å². The molecule has 0 saturated carbocycles. The quantitative estimate of drug-likeness (QED) is 0.777. The van der Waals surface area contributed by atoms with E-state index in [-0.39, 0.29) is 11.1 Å². The van der Waals surface area contributed by atoms with Crippen molar-refractivity contribution in [1.29, 1.82) is 0 Å². The summed E-state index contributed by atoms with van der Waals surface area (Å²) in [5.74, 6) is -1.91. The summed E-state index contributed by atoms with van der Waals surface area (Å²) in [4.78, 5) is 23.1. The van der Waals surface area contributed by atoms with E-state index < -0.39 is 11.9 Å². The molecule has 0 radical (unpaired) electrons. The molecule has 0 aliphatic heterocycles. The lowest BCUT2D eigenvalue weighted by Crippen LogP contribution is -2.08. The minimum Gasteiger partial charge on any atom is -0.478 e. The van der Waals surface area contributed by atoms with Crippen molar-refractivity contribution in [3.05, 3.63) is 63.6 Å². The Morgan fingerprint density at radius 1 is 1.00 bits per heavy atom. The van der Waals surface area contributed by atoms with Crippen LogP contribution in [0.5, 0.6) is 0 Å². The van der Waals surface area contributed by atoms with Crippen LogP contribution in [-0.4, -0.2) is 22.2 Å². The van der Waals surface area contributed by atoms with Crippen molar-refractivity contribution in [1.82, 2.24) is 0 Å². The number of benzene rings is 2. The van der Waals surface area contributed by atoms with Crippen LogP contribution in [0.1, 0.15) is 26.3 Å². The van der Waals surface area contributed by atoms with Crippen LogP contribution in [0.2, 0.25) is 0 Å². The molecule has 0 spiro atoms. The fraction of sp³-hybridized carbons (Fsp3) is 0.0667. The number of halogens is 1. The van der Waals surface area contributed by atoms with Crippen LogP contribution >= 0.6 is 27.7 Å². The van der Waals surface area contributed by atoms with Gasteiger partial charge in [-0.05, 0) is 35.9 Å². The predicted molar refractivity (Wildman–Crippen MR) is 84.1 cm³/mol. The topological polar surface area (TPSA) is 74.6 Å². The first-order valence-corrected chi connectivity index (χ1v) is 7.73. The van der Waals surface area contributed by atoms with Gasteiger partial charge in [-0.1, -0.05) is 28.1 Å². The Hall–Kier alpha value is -1.79. The zero-order valence-electron chi connectivity index (χ0n) is 10.7. The molecule has 0 bridgehead atoms. The summed E-state index contributed by atoms with van der Waals surface area (Å²) in [6.45, 7) is 0. The Labute approximate surface area is 133 Å². The number of aromatic carboxylic acids is 2. The van der Waals surface area contributed by atoms with Crippen LogP contribution in [0, 0.1) is 0 Å². The molecule has 2 N–H and O–H groups in total. The van der Waals surface area contributed by atoms with Gasteiger partial charge < -0.3 is 10.2 Å². The molecule has 0 saturated heterocycles. The largest absolute Gasteiger partial charge is 0.478 e. The van der Waals surface area contributed by atoms with Crippen LogP contribution in [0.15, 0.2) is 51.8 Å². The van der Waals surface area contributed by atoms with Crippen LogP contribution in [0.25, 0.3) is 0 Å². The maximum atomic E-state index is 11.1. The van der Waals surface area contributed by atoms with Gasteiger partial charge in [0, 0.05) is 15.1 Å². The summed E-state index contributed by atoms with van der Waals surface area (Å²) in [5.41, 5.74) is 0.385. The molecule has 108 valence electrons. The highest BCUT2D eigenvalue weighted by atomic mass is 79.9. The second kappa shape index (κ2) is 6.78. The highest BCUT2D eigenvalue weighted by Gasteiger charge is 2.16. The molecule has 2 rings (SSSR count). The first-order valence-electron chi connectivity index (χ1n) is 5.95. The van der Waals surface area contributed by atoms with E-state index in [1.165, 1.54) is 12.1 Å². The van der Waals surface area contributed by atoms with Gasteiger partial charge in [0.05, 0.1) is 11.1 Å². The smallest absolute Gasteiger partial charge is 0.336 e. The van der Waals surface area contributed by atoms with Gasteiger partial charge in [-0.2, -0.15) is 0 Å². The summed E-state index contributed by atoms with van der Waals surface area (Å²) in [6.07, 6.45) is 0. The van der Waals surface area contributed by atoms with E-state index in [1.54, 1.807) is 17.8 Å². The van der Waals surface area contributed by atoms with Gasteiger partial charge in [-0.25, -0.2) is 9.59 Å². The normalized spacial score (nSPS) is 10.3. The highest BCUT2D eigenvalue weighted by Crippen LogP contribution is 2.26. The summed E-state index contributed by atoms with van der Waals surface area (Å²) in [6, 6.07) is 12.2. The monoisotopic (exact) mass is 366 g/mol. The fourth-order valence-corrected chi connectivity index (χ4v) is 3.22. The third-order valence-corrected chi connectivity index (χ3v) is 4.30. The molecule has 0 unspecified atom stereocenters. The van der Waals surface area contributed by atoms with Gasteiger partial charge in [0.15, 0.2) is 0 Å². The average Bonchev–Trinajstić information content (AvgIpc) is 2.44. The molecule has 4 nitrogen and oxygen atoms in total. The van der Waals surface area contributed by atoms with E-state index in [4.69, 9.17) is 10.2 Å². The second-order valence-corrected chi connectivity index (χ2v) is 6.20. The highest BCUT2D eigenvalue weighted by molar-refractivity contribution is 9.10. The van der Waals surface area contributed by atoms with Crippen molar-refractivity contribution >= 4 is 39.6 Å². The molecule has 6 heteroatoms. The molecular formula is C15H11BrO4S. The molecule has 0 heterocycles. The van der Waals surface area contributed by atoms with Crippen LogP contribution in [0.4, 0.5) is 0 Å². The lowest BCUT2D eigenvalue weighted by atomic mass is 10.0. The number of carbonyl (C=O) groups is 2. The Morgan fingerprint density at radius 3 is 2.33 bits per heavy atom. The lowest BCUT2D eigenvalue weighted by molar-refractivity contribution is 0.0651. The zero-order valence-corrected chi connectivity index (χ0v) is 13.1. The molecular weight excluding hydrogens is 356 g/mol. The first-order chi connectivity index (χ1) is 9.97. The number of carboxylic acid groups (broad SMARTS) is 2. The maximum Gasteiger partial charge on any atom is 0.336 e. The van der Waals surface area contributed by atoms with E-state index in [1.807, 2.05) is 24.3 Å². The van der Waals surface area contributed by atoms with Crippen LogP contribution in [0.3, 0.4) is 0 Å². The van der Waals surface area contributed by atoms with E-state index in [9.17, 15) is 9.59 Å². The van der Waals surface area contributed by atoms with Crippen LogP contribution in [-0.2, 0) is 5.75 Å². The van der Waals surface area contributed by atoms with E-state index in [0.29, 0.717) is 5.75 Å². The van der Waals surface area contributed by atoms with E-state index in [0.717, 1.165) is 14.9 Å². The van der Waals surface area contributed by atoms with Crippen molar-refractivity contribution in [3.8, 4) is 0 Å². The van der Waals surface area contributed by atoms with Gasteiger partial charge in [0.25, 0.3) is 0 Å². The molecule has 0 amide bonds. The summed E-state index contributed by atoms with van der Waals surface area (Å²) in [5, 5.41) is 18.1. The summed E-state index contributed by atoms with van der Waals surface area (Å²) in [7, 11) is 0. The maximum absolute atomic E-state index is 11.1. The van der Waals surface area contributed by atoms with E-state index in [2.05, 4.69) is 15.9 Å². The number of thioether (sulfide) groups is 1. The Balaban J connectivity index is 2.19. The molecule has 0 aliphatic carbocycles. The van der Waals surface area contributed by atoms with Crippen molar-refractivity contribution in [3.63, 3.8) is 0 Å². The molecule has 21 heavy (non-hydrogen) atoms. The zero-order chi connectivity index (χ0) is 15.4. The summed E-state index contributed by atoms with van der Waals surface area (Å²) >= 11 is 4.94. The standard InChI is InChI=1S/C15H11BrO4S/c16-10-2-1-3-11(7-10)21-8-9-4-5-12(14(17)18)13(6-9)15(19)20/h1-7H,8H2,(H,17,18)(H,19,20). The molecule has 2 aromatic carbocycles. The third kappa shape index (κ3) is 4.09. The van der Waals surface area contributed by atoms with Gasteiger partial charge in [-0.3, -0.25) is 0 Å². The minimum absolute atomic E-state index is 0.185. The van der Waals surface area contributed by atoms with Crippen molar-refractivity contribution in [2.24, 2.45) is 0 Å². The summed E-state index contributed by atoms with van der Waals surface area (Å²) < 4.78 is 0.972. The van der Waals surface area contributed by atoms with Crippen LogP contribution < -0.4 is 0 Å². The Kier molecular flexibility index (Phi) is 5.03. The molecule has 0 atom stereocenters. The number of carboxylic acids is 2. The first kappa shape index (κ1) is 15.6. The Morgan fingerprint density at radius 2 is 1.71 bits per heavy atom.